The zero-order valence-corrected chi connectivity index (χ0v) is 14.5. The van der Waals surface area contributed by atoms with Gasteiger partial charge in [-0.3, -0.25) is 0 Å². The van der Waals surface area contributed by atoms with Crippen molar-refractivity contribution in [2.75, 3.05) is 7.05 Å². The summed E-state index contributed by atoms with van der Waals surface area (Å²) in [6.07, 6.45) is 0. The zero-order chi connectivity index (χ0) is 18.2. The molecular formula is C18H16FNO4S. The number of benzene rings is 2. The molecular weight excluding hydrogens is 345 g/mol. The molecule has 0 aliphatic rings. The maximum Gasteiger partial charge on any atom is 0.336 e. The van der Waals surface area contributed by atoms with Crippen LogP contribution in [0.5, 0.6) is 0 Å². The molecule has 3 aromatic rings. The Morgan fingerprint density at radius 3 is 2.40 bits per heavy atom. The van der Waals surface area contributed by atoms with E-state index in [1.165, 1.54) is 53.8 Å². The van der Waals surface area contributed by atoms with Gasteiger partial charge in [0.2, 0.25) is 10.0 Å². The number of rotatable bonds is 4. The van der Waals surface area contributed by atoms with Gasteiger partial charge in [0.05, 0.1) is 4.90 Å². The van der Waals surface area contributed by atoms with E-state index in [0.717, 1.165) is 0 Å². The Morgan fingerprint density at radius 2 is 1.72 bits per heavy atom. The monoisotopic (exact) mass is 361 g/mol. The van der Waals surface area contributed by atoms with Crippen LogP contribution in [0.1, 0.15) is 18.5 Å². The molecule has 1 unspecified atom stereocenters. The summed E-state index contributed by atoms with van der Waals surface area (Å²) in [7, 11) is -2.31. The molecule has 25 heavy (non-hydrogen) atoms. The van der Waals surface area contributed by atoms with Gasteiger partial charge < -0.3 is 4.42 Å². The number of hydrogen-bond acceptors (Lipinski definition) is 4. The molecule has 130 valence electrons. The predicted molar refractivity (Wildman–Crippen MR) is 92.2 cm³/mol. The first-order valence-corrected chi connectivity index (χ1v) is 9.00. The number of fused-ring (bicyclic) bond motifs is 1. The Balaban J connectivity index is 1.98. The normalized spacial score (nSPS) is 13.3. The third-order valence-corrected chi connectivity index (χ3v) is 6.09. The molecule has 0 spiro atoms. The highest BCUT2D eigenvalue weighted by Crippen LogP contribution is 2.27. The first kappa shape index (κ1) is 17.3. The largest absolute Gasteiger partial charge is 0.423 e. The first-order valence-electron chi connectivity index (χ1n) is 7.56. The summed E-state index contributed by atoms with van der Waals surface area (Å²) in [6.45, 7) is 1.73. The van der Waals surface area contributed by atoms with Crippen molar-refractivity contribution in [1.29, 1.82) is 0 Å². The minimum absolute atomic E-state index is 0.0883. The molecule has 0 aliphatic carbocycles. The average molecular weight is 361 g/mol. The number of hydrogen-bond donors (Lipinski definition) is 0. The quantitative estimate of drug-likeness (QED) is 0.669. The van der Waals surface area contributed by atoms with E-state index in [-0.39, 0.29) is 10.7 Å². The van der Waals surface area contributed by atoms with Crippen molar-refractivity contribution in [3.63, 3.8) is 0 Å². The second-order valence-corrected chi connectivity index (χ2v) is 7.70. The molecule has 7 heteroatoms. The summed E-state index contributed by atoms with van der Waals surface area (Å²) in [6, 6.07) is 12.3. The first-order chi connectivity index (χ1) is 11.8. The van der Waals surface area contributed by atoms with Crippen molar-refractivity contribution in [3.8, 4) is 0 Å². The molecule has 1 aromatic heterocycles. The molecule has 0 aliphatic heterocycles. The third-order valence-electron chi connectivity index (χ3n) is 4.17. The smallest absolute Gasteiger partial charge is 0.336 e. The Labute approximate surface area is 144 Å². The molecule has 0 amide bonds. The summed E-state index contributed by atoms with van der Waals surface area (Å²) in [5.41, 5.74) is 0.505. The maximum atomic E-state index is 13.1. The number of nitrogens with zero attached hydrogens (tertiary/aromatic N) is 1. The molecule has 1 atom stereocenters. The Kier molecular flexibility index (Phi) is 4.45. The molecule has 2 aromatic carbocycles. The summed E-state index contributed by atoms with van der Waals surface area (Å²) < 4.78 is 45.1. The molecule has 0 radical (unpaired) electrons. The van der Waals surface area contributed by atoms with Gasteiger partial charge in [0.15, 0.2) is 0 Å². The number of halogens is 1. The van der Waals surface area contributed by atoms with Crippen LogP contribution in [0.4, 0.5) is 4.39 Å². The highest BCUT2D eigenvalue weighted by molar-refractivity contribution is 7.89. The molecule has 0 bridgehead atoms. The lowest BCUT2D eigenvalue weighted by molar-refractivity contribution is 0.398. The molecule has 1 heterocycles. The standard InChI is InChI=1S/C18H16FNO4S/c1-12(13-3-6-15(19)7-4-13)20(2)25(22,23)16-8-9-17-14(11-16)5-10-18(21)24-17/h3-12H,1-2H3. The van der Waals surface area contributed by atoms with E-state index in [0.29, 0.717) is 16.5 Å². The Bertz CT molecular complexity index is 1070. The fourth-order valence-corrected chi connectivity index (χ4v) is 3.92. The molecule has 5 nitrogen and oxygen atoms in total. The minimum atomic E-state index is -3.78. The van der Waals surface area contributed by atoms with E-state index >= 15 is 0 Å². The van der Waals surface area contributed by atoms with E-state index in [1.807, 2.05) is 0 Å². The second kappa shape index (κ2) is 6.42. The van der Waals surface area contributed by atoms with Crippen LogP contribution in [-0.2, 0) is 10.0 Å². The third kappa shape index (κ3) is 3.33. The van der Waals surface area contributed by atoms with Gasteiger partial charge in [0.25, 0.3) is 0 Å². The van der Waals surface area contributed by atoms with Gasteiger partial charge in [-0.15, -0.1) is 0 Å². The summed E-state index contributed by atoms with van der Waals surface area (Å²) in [5.74, 6) is -0.377. The van der Waals surface area contributed by atoms with Crippen molar-refractivity contribution in [1.82, 2.24) is 4.31 Å². The SMILES string of the molecule is CC(c1ccc(F)cc1)N(C)S(=O)(=O)c1ccc2oc(=O)ccc2c1. The van der Waals surface area contributed by atoms with Crippen molar-refractivity contribution < 1.29 is 17.2 Å². The van der Waals surface area contributed by atoms with Crippen molar-refractivity contribution >= 4 is 21.0 Å². The van der Waals surface area contributed by atoms with Crippen LogP contribution >= 0.6 is 0 Å². The highest BCUT2D eigenvalue weighted by Gasteiger charge is 2.26. The molecule has 0 saturated carbocycles. The number of sulfonamides is 1. The topological polar surface area (TPSA) is 67.6 Å². The van der Waals surface area contributed by atoms with Crippen molar-refractivity contribution in [3.05, 3.63) is 76.4 Å². The van der Waals surface area contributed by atoms with E-state index in [9.17, 15) is 17.6 Å². The van der Waals surface area contributed by atoms with Crippen LogP contribution in [0, 0.1) is 5.82 Å². The van der Waals surface area contributed by atoms with Gasteiger partial charge in [-0.1, -0.05) is 12.1 Å². The van der Waals surface area contributed by atoms with Gasteiger partial charge in [-0.25, -0.2) is 17.6 Å². The van der Waals surface area contributed by atoms with E-state index < -0.39 is 21.7 Å². The molecule has 0 N–H and O–H groups in total. The minimum Gasteiger partial charge on any atom is -0.423 e. The summed E-state index contributed by atoms with van der Waals surface area (Å²) >= 11 is 0. The lowest BCUT2D eigenvalue weighted by atomic mass is 10.1. The zero-order valence-electron chi connectivity index (χ0n) is 13.6. The van der Waals surface area contributed by atoms with Crippen LogP contribution in [0.15, 0.2) is 68.7 Å². The van der Waals surface area contributed by atoms with Gasteiger partial charge in [-0.2, -0.15) is 4.31 Å². The molecule has 3 rings (SSSR count). The van der Waals surface area contributed by atoms with E-state index in [4.69, 9.17) is 4.42 Å². The summed E-state index contributed by atoms with van der Waals surface area (Å²) in [4.78, 5) is 11.3. The molecule has 0 fully saturated rings. The lowest BCUT2D eigenvalue weighted by Crippen LogP contribution is -2.29. The van der Waals surface area contributed by atoms with E-state index in [2.05, 4.69) is 0 Å². The Hall–Kier alpha value is -2.51. The summed E-state index contributed by atoms with van der Waals surface area (Å²) in [5, 5.41) is 0.517. The van der Waals surface area contributed by atoms with E-state index in [1.54, 1.807) is 19.1 Å². The van der Waals surface area contributed by atoms with Gasteiger partial charge >= 0.3 is 5.63 Å². The second-order valence-electron chi connectivity index (χ2n) is 5.70. The predicted octanol–water partition coefficient (Wildman–Crippen LogP) is 3.31. The van der Waals surface area contributed by atoms with Crippen molar-refractivity contribution in [2.24, 2.45) is 0 Å². The van der Waals surface area contributed by atoms with Crippen LogP contribution < -0.4 is 5.63 Å². The van der Waals surface area contributed by atoms with Crippen LogP contribution in [0.2, 0.25) is 0 Å². The van der Waals surface area contributed by atoms with Gasteiger partial charge in [0, 0.05) is 24.5 Å². The fourth-order valence-electron chi connectivity index (χ4n) is 2.54. The van der Waals surface area contributed by atoms with Crippen LogP contribution in [0.3, 0.4) is 0 Å². The molecule has 0 saturated heterocycles. The van der Waals surface area contributed by atoms with Gasteiger partial charge in [-0.05, 0) is 48.9 Å². The van der Waals surface area contributed by atoms with Crippen molar-refractivity contribution in [2.45, 2.75) is 17.9 Å². The average Bonchev–Trinajstić information content (AvgIpc) is 2.60. The van der Waals surface area contributed by atoms with Crippen LogP contribution in [0.25, 0.3) is 11.0 Å². The van der Waals surface area contributed by atoms with Gasteiger partial charge in [0.1, 0.15) is 11.4 Å². The fraction of sp³-hybridized carbons (Fsp3) is 0.167. The lowest BCUT2D eigenvalue weighted by Gasteiger charge is -2.24. The van der Waals surface area contributed by atoms with Crippen LogP contribution in [-0.4, -0.2) is 19.8 Å². The Morgan fingerprint density at radius 1 is 1.04 bits per heavy atom. The highest BCUT2D eigenvalue weighted by atomic mass is 32.2. The maximum absolute atomic E-state index is 13.1.